The van der Waals surface area contributed by atoms with Gasteiger partial charge >= 0.3 is 0 Å². The van der Waals surface area contributed by atoms with E-state index in [9.17, 15) is 4.79 Å². The Bertz CT molecular complexity index is 854. The van der Waals surface area contributed by atoms with Gasteiger partial charge in [-0.2, -0.15) is 0 Å². The Hall–Kier alpha value is -2.59. The van der Waals surface area contributed by atoms with Crippen LogP contribution in [0, 0.1) is 6.92 Å². The number of benzene rings is 2. The molecule has 2 aromatic carbocycles. The van der Waals surface area contributed by atoms with E-state index in [1.807, 2.05) is 50.2 Å². The lowest BCUT2D eigenvalue weighted by atomic mass is 10.1. The third-order valence-corrected chi connectivity index (χ3v) is 4.44. The van der Waals surface area contributed by atoms with E-state index in [1.165, 1.54) is 5.56 Å². The zero-order valence-corrected chi connectivity index (χ0v) is 15.3. The van der Waals surface area contributed by atoms with E-state index in [-0.39, 0.29) is 12.0 Å². The predicted octanol–water partition coefficient (Wildman–Crippen LogP) is 4.57. The number of nitrogens with one attached hydrogen (secondary N) is 1. The van der Waals surface area contributed by atoms with Crippen molar-refractivity contribution in [2.75, 3.05) is 13.2 Å². The Morgan fingerprint density at radius 1 is 1.19 bits per heavy atom. The van der Waals surface area contributed by atoms with Crippen LogP contribution in [0.15, 0.2) is 59.2 Å². The zero-order chi connectivity index (χ0) is 18.4. The van der Waals surface area contributed by atoms with E-state index in [0.29, 0.717) is 19.6 Å². The fourth-order valence-corrected chi connectivity index (χ4v) is 2.94. The van der Waals surface area contributed by atoms with Gasteiger partial charge in [0.1, 0.15) is 5.58 Å². The molecule has 4 heteroatoms. The van der Waals surface area contributed by atoms with Crippen molar-refractivity contribution < 1.29 is 13.9 Å². The Morgan fingerprint density at radius 2 is 2.00 bits per heavy atom. The van der Waals surface area contributed by atoms with Crippen LogP contribution < -0.4 is 5.32 Å². The third-order valence-electron chi connectivity index (χ3n) is 4.44. The molecule has 0 aliphatic heterocycles. The molecule has 1 atom stereocenters. The molecule has 26 heavy (non-hydrogen) atoms. The summed E-state index contributed by atoms with van der Waals surface area (Å²) in [5.74, 6) is 0.00406. The van der Waals surface area contributed by atoms with Crippen LogP contribution in [-0.2, 0) is 16.0 Å². The van der Waals surface area contributed by atoms with E-state index < -0.39 is 0 Å². The van der Waals surface area contributed by atoms with Crippen LogP contribution in [0.3, 0.4) is 0 Å². The molecule has 0 saturated heterocycles. The average molecular weight is 351 g/mol. The van der Waals surface area contributed by atoms with Gasteiger partial charge in [0, 0.05) is 24.1 Å². The number of carbonyl (C=O) groups is 1. The van der Waals surface area contributed by atoms with Crippen LogP contribution in [0.5, 0.6) is 0 Å². The van der Waals surface area contributed by atoms with Gasteiger partial charge in [0.25, 0.3) is 0 Å². The molecule has 1 aromatic heterocycles. The van der Waals surface area contributed by atoms with Gasteiger partial charge in [-0.15, -0.1) is 0 Å². The Labute approximate surface area is 154 Å². The molecule has 136 valence electrons. The first-order chi connectivity index (χ1) is 12.6. The van der Waals surface area contributed by atoms with Crippen molar-refractivity contribution >= 4 is 16.9 Å². The van der Waals surface area contributed by atoms with Crippen molar-refractivity contribution in [3.63, 3.8) is 0 Å². The molecule has 1 heterocycles. The molecular formula is C22H25NO3. The first-order valence-electron chi connectivity index (χ1n) is 9.03. The molecule has 0 fully saturated rings. The van der Waals surface area contributed by atoms with E-state index in [2.05, 4.69) is 17.4 Å². The highest BCUT2D eigenvalue weighted by Gasteiger charge is 2.10. The molecule has 0 unspecified atom stereocenters. The van der Waals surface area contributed by atoms with Crippen LogP contribution >= 0.6 is 0 Å². The third kappa shape index (κ3) is 4.73. The van der Waals surface area contributed by atoms with Crippen LogP contribution in [-0.4, -0.2) is 19.1 Å². The lowest BCUT2D eigenvalue weighted by Crippen LogP contribution is -2.26. The number of rotatable bonds is 8. The summed E-state index contributed by atoms with van der Waals surface area (Å²) in [5, 5.41) is 3.96. The molecule has 0 saturated carbocycles. The van der Waals surface area contributed by atoms with Crippen molar-refractivity contribution in [1.29, 1.82) is 0 Å². The monoisotopic (exact) mass is 351 g/mol. The topological polar surface area (TPSA) is 51.5 Å². The first-order valence-corrected chi connectivity index (χ1v) is 9.03. The van der Waals surface area contributed by atoms with Crippen molar-refractivity contribution in [2.24, 2.45) is 0 Å². The minimum Gasteiger partial charge on any atom is -0.464 e. The predicted molar refractivity (Wildman–Crippen MR) is 103 cm³/mol. The van der Waals surface area contributed by atoms with Crippen LogP contribution in [0.4, 0.5) is 0 Å². The minimum absolute atomic E-state index is 0.00406. The van der Waals surface area contributed by atoms with Crippen molar-refractivity contribution in [2.45, 2.75) is 32.8 Å². The van der Waals surface area contributed by atoms with Gasteiger partial charge in [-0.1, -0.05) is 42.5 Å². The SMILES string of the molecule is Cc1ccc2c(CC(=O)NCCCO[C@H](C)c3ccccc3)coc2c1. The standard InChI is InChI=1S/C22H25NO3/c1-16-9-10-20-19(15-26-21(20)13-16)14-22(24)23-11-6-12-25-17(2)18-7-4-3-5-8-18/h3-5,7-10,13,15,17H,6,11-12,14H2,1-2H3,(H,23,24)/t17-/m1/s1. The van der Waals surface area contributed by atoms with Gasteiger partial charge in [0.15, 0.2) is 0 Å². The molecule has 0 spiro atoms. The molecule has 1 amide bonds. The second-order valence-electron chi connectivity index (χ2n) is 6.56. The van der Waals surface area contributed by atoms with Crippen LogP contribution in [0.2, 0.25) is 0 Å². The summed E-state index contributed by atoms with van der Waals surface area (Å²) in [6, 6.07) is 16.2. The number of furan rings is 1. The fraction of sp³-hybridized carbons (Fsp3) is 0.318. The normalized spacial score (nSPS) is 12.2. The van der Waals surface area contributed by atoms with Gasteiger partial charge in [-0.25, -0.2) is 0 Å². The maximum absolute atomic E-state index is 12.1. The van der Waals surface area contributed by atoms with Gasteiger partial charge in [0.2, 0.25) is 5.91 Å². The molecule has 0 aliphatic carbocycles. The molecule has 0 bridgehead atoms. The van der Waals surface area contributed by atoms with E-state index in [4.69, 9.17) is 9.15 Å². The summed E-state index contributed by atoms with van der Waals surface area (Å²) in [6.07, 6.45) is 2.85. The lowest BCUT2D eigenvalue weighted by molar-refractivity contribution is -0.120. The first kappa shape index (κ1) is 18.2. The highest BCUT2D eigenvalue weighted by molar-refractivity contribution is 5.87. The smallest absolute Gasteiger partial charge is 0.224 e. The van der Waals surface area contributed by atoms with Crippen LogP contribution in [0.25, 0.3) is 11.0 Å². The second kappa shape index (κ2) is 8.68. The molecular weight excluding hydrogens is 326 g/mol. The number of ether oxygens (including phenoxy) is 1. The maximum atomic E-state index is 12.1. The zero-order valence-electron chi connectivity index (χ0n) is 15.3. The number of amides is 1. The second-order valence-corrected chi connectivity index (χ2v) is 6.56. The summed E-state index contributed by atoms with van der Waals surface area (Å²) in [5.41, 5.74) is 4.06. The summed E-state index contributed by atoms with van der Waals surface area (Å²) in [7, 11) is 0. The van der Waals surface area contributed by atoms with Crippen molar-refractivity contribution in [1.82, 2.24) is 5.32 Å². The lowest BCUT2D eigenvalue weighted by Gasteiger charge is -2.13. The molecule has 3 rings (SSSR count). The Kier molecular flexibility index (Phi) is 6.08. The quantitative estimate of drug-likeness (QED) is 0.605. The van der Waals surface area contributed by atoms with E-state index in [1.54, 1.807) is 6.26 Å². The average Bonchev–Trinajstić information content (AvgIpc) is 3.03. The number of aryl methyl sites for hydroxylation is 1. The van der Waals surface area contributed by atoms with Gasteiger partial charge < -0.3 is 14.5 Å². The maximum Gasteiger partial charge on any atom is 0.224 e. The Morgan fingerprint density at radius 3 is 2.81 bits per heavy atom. The fourth-order valence-electron chi connectivity index (χ4n) is 2.94. The minimum atomic E-state index is 0.00406. The molecule has 3 aromatic rings. The van der Waals surface area contributed by atoms with Crippen molar-refractivity contribution in [3.8, 4) is 0 Å². The molecule has 1 N–H and O–H groups in total. The molecule has 4 nitrogen and oxygen atoms in total. The molecule has 0 aliphatic rings. The molecule has 0 radical (unpaired) electrons. The van der Waals surface area contributed by atoms with Gasteiger partial charge in [-0.3, -0.25) is 4.79 Å². The van der Waals surface area contributed by atoms with Gasteiger partial charge in [0.05, 0.1) is 18.8 Å². The summed E-state index contributed by atoms with van der Waals surface area (Å²) < 4.78 is 11.4. The highest BCUT2D eigenvalue weighted by Crippen LogP contribution is 2.22. The summed E-state index contributed by atoms with van der Waals surface area (Å²) in [4.78, 5) is 12.1. The number of hydrogen-bond acceptors (Lipinski definition) is 3. The van der Waals surface area contributed by atoms with Crippen LogP contribution in [0.1, 0.15) is 36.1 Å². The number of fused-ring (bicyclic) bond motifs is 1. The van der Waals surface area contributed by atoms with E-state index in [0.717, 1.165) is 28.5 Å². The summed E-state index contributed by atoms with van der Waals surface area (Å²) >= 11 is 0. The summed E-state index contributed by atoms with van der Waals surface area (Å²) in [6.45, 7) is 5.29. The highest BCUT2D eigenvalue weighted by atomic mass is 16.5. The number of carbonyl (C=O) groups excluding carboxylic acids is 1. The van der Waals surface area contributed by atoms with Crippen molar-refractivity contribution in [3.05, 3.63) is 71.5 Å². The Balaban J connectivity index is 1.39. The number of hydrogen-bond donors (Lipinski definition) is 1. The van der Waals surface area contributed by atoms with Gasteiger partial charge in [-0.05, 0) is 37.5 Å². The largest absolute Gasteiger partial charge is 0.464 e. The van der Waals surface area contributed by atoms with E-state index >= 15 is 0 Å².